The average molecular weight is 516 g/mol. The van der Waals surface area contributed by atoms with Crippen molar-refractivity contribution in [3.63, 3.8) is 0 Å². The second kappa shape index (κ2) is 11.3. The van der Waals surface area contributed by atoms with E-state index >= 15 is 0 Å². The summed E-state index contributed by atoms with van der Waals surface area (Å²) in [7, 11) is -4.00. The van der Waals surface area contributed by atoms with E-state index in [-0.39, 0.29) is 22.0 Å². The fourth-order valence-electron chi connectivity index (χ4n) is 3.54. The van der Waals surface area contributed by atoms with Crippen LogP contribution in [-0.4, -0.2) is 20.5 Å². The van der Waals surface area contributed by atoms with Crippen molar-refractivity contribution in [2.75, 3.05) is 26.0 Å². The molecule has 37 heavy (non-hydrogen) atoms. The van der Waals surface area contributed by atoms with Gasteiger partial charge in [0.05, 0.1) is 22.0 Å². The van der Waals surface area contributed by atoms with Gasteiger partial charge in [0, 0.05) is 11.4 Å². The van der Waals surface area contributed by atoms with Crippen LogP contribution >= 0.6 is 0 Å². The number of urea groups is 2. The number of rotatable bonds is 7. The van der Waals surface area contributed by atoms with Crippen LogP contribution in [0, 0.1) is 6.92 Å². The first-order chi connectivity index (χ1) is 17.8. The molecule has 0 saturated heterocycles. The van der Waals surface area contributed by atoms with Gasteiger partial charge in [-0.2, -0.15) is 0 Å². The highest BCUT2D eigenvalue weighted by atomic mass is 32.2. The van der Waals surface area contributed by atoms with Crippen LogP contribution in [0.4, 0.5) is 38.0 Å². The van der Waals surface area contributed by atoms with Crippen molar-refractivity contribution in [2.45, 2.75) is 11.8 Å². The summed E-state index contributed by atoms with van der Waals surface area (Å²) in [5, 5.41) is 10.7. The molecule has 0 aliphatic rings. The van der Waals surface area contributed by atoms with E-state index in [1.54, 1.807) is 85.8 Å². The highest BCUT2D eigenvalue weighted by Crippen LogP contribution is 2.33. The maximum absolute atomic E-state index is 13.2. The number of para-hydroxylation sites is 3. The lowest BCUT2D eigenvalue weighted by Crippen LogP contribution is -2.24. The minimum atomic E-state index is -4.00. The van der Waals surface area contributed by atoms with Gasteiger partial charge < -0.3 is 21.3 Å². The molecule has 9 nitrogen and oxygen atoms in total. The summed E-state index contributed by atoms with van der Waals surface area (Å²) >= 11 is 0. The minimum absolute atomic E-state index is 0.0660. The Labute approximate surface area is 215 Å². The van der Waals surface area contributed by atoms with Crippen LogP contribution in [0.25, 0.3) is 0 Å². The predicted octanol–water partition coefficient (Wildman–Crippen LogP) is 6.08. The third-order valence-electron chi connectivity index (χ3n) is 5.24. The smallest absolute Gasteiger partial charge is 0.308 e. The van der Waals surface area contributed by atoms with Crippen LogP contribution in [-0.2, 0) is 10.0 Å². The molecular formula is C27H25N5O4S. The first-order valence-corrected chi connectivity index (χ1v) is 12.8. The lowest BCUT2D eigenvalue weighted by atomic mass is 10.2. The fraction of sp³-hybridized carbons (Fsp3) is 0.0370. The summed E-state index contributed by atoms with van der Waals surface area (Å²) in [6.45, 7) is 1.69. The van der Waals surface area contributed by atoms with Crippen molar-refractivity contribution in [2.24, 2.45) is 0 Å². The second-order valence-corrected chi connectivity index (χ2v) is 9.64. The molecule has 0 fully saturated rings. The average Bonchev–Trinajstić information content (AvgIpc) is 2.87. The molecule has 0 aliphatic carbocycles. The molecule has 0 spiro atoms. The lowest BCUT2D eigenvalue weighted by Gasteiger charge is -2.19. The summed E-state index contributed by atoms with van der Waals surface area (Å²) in [5.74, 6) is 0. The monoisotopic (exact) mass is 515 g/mol. The molecular weight excluding hydrogens is 490 g/mol. The van der Waals surface area contributed by atoms with Crippen LogP contribution in [0.3, 0.4) is 0 Å². The quantitative estimate of drug-likeness (QED) is 0.204. The van der Waals surface area contributed by atoms with Gasteiger partial charge in [0.15, 0.2) is 0 Å². The number of benzene rings is 4. The van der Waals surface area contributed by atoms with Gasteiger partial charge in [-0.1, -0.05) is 60.7 Å². The molecule has 0 unspecified atom stereocenters. The maximum atomic E-state index is 13.2. The molecule has 4 amide bonds. The predicted molar refractivity (Wildman–Crippen MR) is 147 cm³/mol. The Bertz CT molecular complexity index is 1510. The third kappa shape index (κ3) is 6.65. The van der Waals surface area contributed by atoms with Gasteiger partial charge in [-0.15, -0.1) is 0 Å². The van der Waals surface area contributed by atoms with Gasteiger partial charge in [-0.25, -0.2) is 18.0 Å². The zero-order valence-corrected chi connectivity index (χ0v) is 20.7. The molecule has 0 atom stereocenters. The SMILES string of the molecule is Cc1ccccc1S(=O)(=O)Nc1cccc(NC(=O)Nc2ccccc2)c1NC(=O)Nc1ccccc1. The number of amides is 4. The normalized spacial score (nSPS) is 10.7. The van der Waals surface area contributed by atoms with E-state index in [1.807, 2.05) is 12.1 Å². The number of carbonyl (C=O) groups is 2. The Morgan fingerprint density at radius 1 is 0.568 bits per heavy atom. The van der Waals surface area contributed by atoms with Gasteiger partial charge in [0.1, 0.15) is 0 Å². The summed E-state index contributed by atoms with van der Waals surface area (Å²) in [4.78, 5) is 25.6. The molecule has 0 aromatic heterocycles. The second-order valence-electron chi connectivity index (χ2n) is 7.99. The Hall–Kier alpha value is -4.83. The van der Waals surface area contributed by atoms with Crippen molar-refractivity contribution < 1.29 is 18.0 Å². The Morgan fingerprint density at radius 2 is 1.08 bits per heavy atom. The topological polar surface area (TPSA) is 128 Å². The molecule has 0 heterocycles. The largest absolute Gasteiger partial charge is 0.323 e. The molecule has 4 aromatic rings. The van der Waals surface area contributed by atoms with Crippen molar-refractivity contribution in [1.29, 1.82) is 0 Å². The molecule has 0 aliphatic heterocycles. The zero-order valence-electron chi connectivity index (χ0n) is 19.9. The number of carbonyl (C=O) groups excluding carboxylic acids is 2. The van der Waals surface area contributed by atoms with Crippen molar-refractivity contribution >= 4 is 50.5 Å². The van der Waals surface area contributed by atoms with E-state index in [2.05, 4.69) is 26.0 Å². The summed E-state index contributed by atoms with van der Waals surface area (Å²) in [6.07, 6.45) is 0. The van der Waals surface area contributed by atoms with Gasteiger partial charge in [-0.05, 0) is 55.0 Å². The van der Waals surface area contributed by atoms with Gasteiger partial charge in [0.2, 0.25) is 0 Å². The molecule has 0 radical (unpaired) electrons. The molecule has 188 valence electrons. The van der Waals surface area contributed by atoms with Gasteiger partial charge >= 0.3 is 12.1 Å². The van der Waals surface area contributed by atoms with E-state index in [9.17, 15) is 18.0 Å². The van der Waals surface area contributed by atoms with Crippen LogP contribution in [0.5, 0.6) is 0 Å². The number of aryl methyl sites for hydroxylation is 1. The Morgan fingerprint density at radius 3 is 1.68 bits per heavy atom. The lowest BCUT2D eigenvalue weighted by molar-refractivity contribution is 0.261. The number of nitrogens with one attached hydrogen (secondary N) is 5. The van der Waals surface area contributed by atoms with Crippen molar-refractivity contribution in [3.05, 3.63) is 109 Å². The van der Waals surface area contributed by atoms with Crippen LogP contribution in [0.2, 0.25) is 0 Å². The van der Waals surface area contributed by atoms with Crippen LogP contribution in [0.1, 0.15) is 5.56 Å². The summed E-state index contributed by atoms with van der Waals surface area (Å²) in [5.41, 5.74) is 1.98. The summed E-state index contributed by atoms with van der Waals surface area (Å²) < 4.78 is 28.9. The maximum Gasteiger partial charge on any atom is 0.323 e. The molecule has 0 saturated carbocycles. The van der Waals surface area contributed by atoms with Crippen LogP contribution < -0.4 is 26.0 Å². The van der Waals surface area contributed by atoms with Crippen LogP contribution in [0.15, 0.2) is 108 Å². The Kier molecular flexibility index (Phi) is 7.70. The van der Waals surface area contributed by atoms with Gasteiger partial charge in [-0.3, -0.25) is 4.72 Å². The number of hydrogen-bond acceptors (Lipinski definition) is 4. The molecule has 4 aromatic carbocycles. The van der Waals surface area contributed by atoms with E-state index in [0.717, 1.165) is 0 Å². The highest BCUT2D eigenvalue weighted by Gasteiger charge is 2.21. The fourth-order valence-corrected chi connectivity index (χ4v) is 4.86. The number of sulfonamides is 1. The minimum Gasteiger partial charge on any atom is -0.308 e. The number of anilines is 5. The standard InChI is InChI=1S/C27H25N5O4S/c1-19-11-8-9-18-24(19)37(35,36)32-23-17-10-16-22(30-26(33)28-20-12-4-2-5-13-20)25(23)31-27(34)29-21-14-6-3-7-15-21/h2-18,32H,1H3,(H2,28,30,33)(H2,29,31,34). The molecule has 10 heteroatoms. The van der Waals surface area contributed by atoms with E-state index < -0.39 is 22.1 Å². The van der Waals surface area contributed by atoms with E-state index in [1.165, 1.54) is 12.1 Å². The first kappa shape index (κ1) is 25.3. The molecule has 0 bridgehead atoms. The first-order valence-electron chi connectivity index (χ1n) is 11.3. The third-order valence-corrected chi connectivity index (χ3v) is 6.77. The van der Waals surface area contributed by atoms with Crippen molar-refractivity contribution in [1.82, 2.24) is 0 Å². The number of hydrogen-bond donors (Lipinski definition) is 5. The highest BCUT2D eigenvalue weighted by molar-refractivity contribution is 7.92. The summed E-state index contributed by atoms with van der Waals surface area (Å²) in [6, 6.07) is 27.5. The van der Waals surface area contributed by atoms with Gasteiger partial charge in [0.25, 0.3) is 10.0 Å². The molecule has 5 N–H and O–H groups in total. The van der Waals surface area contributed by atoms with Crippen molar-refractivity contribution in [3.8, 4) is 0 Å². The van der Waals surface area contributed by atoms with E-state index in [4.69, 9.17) is 0 Å². The Balaban J connectivity index is 1.65. The van der Waals surface area contributed by atoms with E-state index in [0.29, 0.717) is 16.9 Å². The molecule has 4 rings (SSSR count). The zero-order chi connectivity index (χ0) is 26.3.